The second kappa shape index (κ2) is 5.98. The van der Waals surface area contributed by atoms with Crippen molar-refractivity contribution < 1.29 is 18.7 Å². The molecule has 0 bridgehead atoms. The zero-order valence-electron chi connectivity index (χ0n) is 10.4. The molecule has 0 saturated heterocycles. The van der Waals surface area contributed by atoms with Crippen LogP contribution in [0.1, 0.15) is 31.6 Å². The minimum Gasteiger partial charge on any atom is -0.458 e. The lowest BCUT2D eigenvalue weighted by molar-refractivity contribution is 0.0727. The summed E-state index contributed by atoms with van der Waals surface area (Å²) in [7, 11) is 0. The highest BCUT2D eigenvalue weighted by molar-refractivity contribution is 5.77. The normalized spacial score (nSPS) is 13.1. The Bertz CT molecular complexity index is 507. The summed E-state index contributed by atoms with van der Waals surface area (Å²) in [5.41, 5.74) is 0.583. The third-order valence-corrected chi connectivity index (χ3v) is 2.71. The lowest BCUT2D eigenvalue weighted by atomic mass is 10.2. The third-order valence-electron chi connectivity index (χ3n) is 2.71. The van der Waals surface area contributed by atoms with Gasteiger partial charge in [-0.2, -0.15) is 0 Å². The summed E-state index contributed by atoms with van der Waals surface area (Å²) in [5.74, 6) is 0.145. The van der Waals surface area contributed by atoms with E-state index in [0.29, 0.717) is 36.4 Å². The van der Waals surface area contributed by atoms with Gasteiger partial charge in [-0.05, 0) is 30.7 Å². The zero-order chi connectivity index (χ0) is 13.0. The van der Waals surface area contributed by atoms with Gasteiger partial charge in [0, 0.05) is 25.0 Å². The Balaban J connectivity index is 2.01. The molecule has 1 aromatic heterocycles. The molecule has 0 amide bonds. The van der Waals surface area contributed by atoms with E-state index in [0.717, 1.165) is 6.42 Å². The Labute approximate surface area is 105 Å². The predicted octanol–water partition coefficient (Wildman–Crippen LogP) is 3.42. The zero-order valence-corrected chi connectivity index (χ0v) is 10.4. The Morgan fingerprint density at radius 2 is 2.17 bits per heavy atom. The first kappa shape index (κ1) is 13.1. The molecule has 1 aromatic carbocycles. The molecule has 0 aliphatic rings. The molecule has 1 atom stereocenters. The van der Waals surface area contributed by atoms with Crippen LogP contribution in [-0.4, -0.2) is 18.3 Å². The lowest BCUT2D eigenvalue weighted by Gasteiger charge is -2.07. The Morgan fingerprint density at radius 1 is 1.33 bits per heavy atom. The number of benzene rings is 1. The standard InChI is InChI=1S/C14H17FO3/c1-2-6-17-7-5-12(16)14-9-10-8-11(15)3-4-13(10)18-14/h3-4,8-9,12,16H,2,5-7H2,1H3. The second-order valence-corrected chi connectivity index (χ2v) is 4.25. The van der Waals surface area contributed by atoms with Gasteiger partial charge in [0.15, 0.2) is 0 Å². The molecule has 98 valence electrons. The summed E-state index contributed by atoms with van der Waals surface area (Å²) < 4.78 is 23.8. The topological polar surface area (TPSA) is 42.6 Å². The summed E-state index contributed by atoms with van der Waals surface area (Å²) in [5, 5.41) is 10.6. The average Bonchev–Trinajstić information content (AvgIpc) is 2.77. The number of aliphatic hydroxyl groups is 1. The molecular weight excluding hydrogens is 235 g/mol. The number of rotatable bonds is 6. The van der Waals surface area contributed by atoms with Crippen LogP contribution in [-0.2, 0) is 4.74 Å². The van der Waals surface area contributed by atoms with Crippen molar-refractivity contribution in [2.45, 2.75) is 25.9 Å². The van der Waals surface area contributed by atoms with Gasteiger partial charge in [-0.1, -0.05) is 6.92 Å². The molecule has 0 radical (unpaired) electrons. The maximum atomic E-state index is 13.0. The molecule has 2 rings (SSSR count). The first-order chi connectivity index (χ1) is 8.70. The van der Waals surface area contributed by atoms with Gasteiger partial charge >= 0.3 is 0 Å². The molecule has 1 heterocycles. The fourth-order valence-corrected chi connectivity index (χ4v) is 1.78. The molecule has 1 unspecified atom stereocenters. The largest absolute Gasteiger partial charge is 0.458 e. The van der Waals surface area contributed by atoms with Crippen molar-refractivity contribution >= 4 is 11.0 Å². The Kier molecular flexibility index (Phi) is 4.33. The van der Waals surface area contributed by atoms with Gasteiger partial charge in [-0.25, -0.2) is 4.39 Å². The molecular formula is C14H17FO3. The maximum absolute atomic E-state index is 13.0. The summed E-state index contributed by atoms with van der Waals surface area (Å²) in [6.45, 7) is 3.21. The molecule has 4 heteroatoms. The number of furan rings is 1. The first-order valence-electron chi connectivity index (χ1n) is 6.15. The van der Waals surface area contributed by atoms with Crippen molar-refractivity contribution in [2.24, 2.45) is 0 Å². The molecule has 18 heavy (non-hydrogen) atoms. The van der Waals surface area contributed by atoms with Gasteiger partial charge in [-0.15, -0.1) is 0 Å². The van der Waals surface area contributed by atoms with E-state index in [1.165, 1.54) is 12.1 Å². The van der Waals surface area contributed by atoms with Crippen LogP contribution >= 0.6 is 0 Å². The van der Waals surface area contributed by atoms with Crippen molar-refractivity contribution in [3.8, 4) is 0 Å². The number of fused-ring (bicyclic) bond motifs is 1. The van der Waals surface area contributed by atoms with Crippen molar-refractivity contribution in [1.29, 1.82) is 0 Å². The van der Waals surface area contributed by atoms with E-state index in [2.05, 4.69) is 0 Å². The van der Waals surface area contributed by atoms with Crippen LogP contribution in [0, 0.1) is 5.82 Å². The highest BCUT2D eigenvalue weighted by atomic mass is 19.1. The van der Waals surface area contributed by atoms with Gasteiger partial charge in [-0.3, -0.25) is 0 Å². The van der Waals surface area contributed by atoms with E-state index in [4.69, 9.17) is 9.15 Å². The van der Waals surface area contributed by atoms with Gasteiger partial charge in [0.25, 0.3) is 0 Å². The number of ether oxygens (including phenoxy) is 1. The number of halogens is 1. The van der Waals surface area contributed by atoms with E-state index < -0.39 is 6.10 Å². The molecule has 1 N–H and O–H groups in total. The second-order valence-electron chi connectivity index (χ2n) is 4.25. The first-order valence-corrected chi connectivity index (χ1v) is 6.15. The van der Waals surface area contributed by atoms with Crippen LogP contribution in [0.15, 0.2) is 28.7 Å². The average molecular weight is 252 g/mol. The number of hydrogen-bond donors (Lipinski definition) is 1. The van der Waals surface area contributed by atoms with Gasteiger partial charge < -0.3 is 14.3 Å². The molecule has 2 aromatic rings. The summed E-state index contributed by atoms with van der Waals surface area (Å²) in [6, 6.07) is 5.96. The van der Waals surface area contributed by atoms with Crippen LogP contribution in [0.5, 0.6) is 0 Å². The highest BCUT2D eigenvalue weighted by Gasteiger charge is 2.13. The molecule has 0 saturated carbocycles. The Hall–Kier alpha value is -1.39. The van der Waals surface area contributed by atoms with Crippen LogP contribution < -0.4 is 0 Å². The number of hydrogen-bond acceptors (Lipinski definition) is 3. The maximum Gasteiger partial charge on any atom is 0.134 e. The van der Waals surface area contributed by atoms with E-state index in [1.54, 1.807) is 12.1 Å². The van der Waals surface area contributed by atoms with Crippen molar-refractivity contribution in [3.63, 3.8) is 0 Å². The fourth-order valence-electron chi connectivity index (χ4n) is 1.78. The Morgan fingerprint density at radius 3 is 2.94 bits per heavy atom. The third kappa shape index (κ3) is 3.09. The van der Waals surface area contributed by atoms with E-state index in [-0.39, 0.29) is 5.82 Å². The van der Waals surface area contributed by atoms with Crippen molar-refractivity contribution in [2.75, 3.05) is 13.2 Å². The predicted molar refractivity (Wildman–Crippen MR) is 66.9 cm³/mol. The van der Waals surface area contributed by atoms with Gasteiger partial charge in [0.1, 0.15) is 23.3 Å². The monoisotopic (exact) mass is 252 g/mol. The van der Waals surface area contributed by atoms with Crippen LogP contribution in [0.25, 0.3) is 11.0 Å². The lowest BCUT2D eigenvalue weighted by Crippen LogP contribution is -2.03. The van der Waals surface area contributed by atoms with E-state index in [9.17, 15) is 9.50 Å². The summed E-state index contributed by atoms with van der Waals surface area (Å²) in [6.07, 6.45) is 0.722. The van der Waals surface area contributed by atoms with Gasteiger partial charge in [0.05, 0.1) is 0 Å². The smallest absolute Gasteiger partial charge is 0.134 e. The molecule has 0 aliphatic carbocycles. The molecule has 0 spiro atoms. The summed E-state index contributed by atoms with van der Waals surface area (Å²) in [4.78, 5) is 0. The molecule has 0 fully saturated rings. The summed E-state index contributed by atoms with van der Waals surface area (Å²) >= 11 is 0. The van der Waals surface area contributed by atoms with Crippen molar-refractivity contribution in [1.82, 2.24) is 0 Å². The van der Waals surface area contributed by atoms with Crippen LogP contribution in [0.4, 0.5) is 4.39 Å². The van der Waals surface area contributed by atoms with Crippen molar-refractivity contribution in [3.05, 3.63) is 35.8 Å². The SMILES string of the molecule is CCCOCCC(O)c1cc2cc(F)ccc2o1. The van der Waals surface area contributed by atoms with E-state index >= 15 is 0 Å². The van der Waals surface area contributed by atoms with Gasteiger partial charge in [0.2, 0.25) is 0 Å². The molecule has 0 aliphatic heterocycles. The molecule has 3 nitrogen and oxygen atoms in total. The minimum atomic E-state index is -0.711. The van der Waals surface area contributed by atoms with E-state index in [1.807, 2.05) is 6.92 Å². The van der Waals surface area contributed by atoms with Crippen LogP contribution in [0.3, 0.4) is 0 Å². The number of aliphatic hydroxyl groups excluding tert-OH is 1. The van der Waals surface area contributed by atoms with Crippen LogP contribution in [0.2, 0.25) is 0 Å². The quantitative estimate of drug-likeness (QED) is 0.801. The highest BCUT2D eigenvalue weighted by Crippen LogP contribution is 2.26. The minimum absolute atomic E-state index is 0.310. The fraction of sp³-hybridized carbons (Fsp3) is 0.429.